The van der Waals surface area contributed by atoms with Crippen LogP contribution in [-0.2, 0) is 11.4 Å². The third-order valence-electron chi connectivity index (χ3n) is 1.50. The van der Waals surface area contributed by atoms with Crippen LogP contribution in [-0.4, -0.2) is 16.7 Å². The Morgan fingerprint density at radius 1 is 1.53 bits per heavy atom. The maximum absolute atomic E-state index is 10.5. The largest absolute Gasteiger partial charge is 0.475 e. The molecule has 2 N–H and O–H groups in total. The minimum Gasteiger partial charge on any atom is -0.475 e. The van der Waals surface area contributed by atoms with Gasteiger partial charge in [0, 0.05) is 0 Å². The minimum absolute atomic E-state index is 0.0671. The molecular weight excluding hydrogens is 198 g/mol. The number of carbonyl (C=O) groups is 1. The summed E-state index contributed by atoms with van der Waals surface area (Å²) >= 11 is 0. The van der Waals surface area contributed by atoms with Crippen molar-refractivity contribution in [1.82, 2.24) is 5.48 Å². The van der Waals surface area contributed by atoms with Crippen molar-refractivity contribution in [2.45, 2.75) is 32.9 Å². The van der Waals surface area contributed by atoms with Crippen LogP contribution in [0.1, 0.15) is 37.1 Å². The van der Waals surface area contributed by atoms with Gasteiger partial charge in [0.05, 0.1) is 12.1 Å². The molecule has 0 unspecified atom stereocenters. The normalized spacial score (nSPS) is 11.7. The number of carboxylic acid groups (broad SMARTS) is 1. The van der Waals surface area contributed by atoms with Crippen LogP contribution in [0.4, 0.5) is 0 Å². The molecule has 0 atom stereocenters. The summed E-state index contributed by atoms with van der Waals surface area (Å²) in [6.07, 6.45) is 0. The molecule has 0 radical (unpaired) electrons. The van der Waals surface area contributed by atoms with Crippen molar-refractivity contribution >= 4 is 5.97 Å². The molecule has 5 nitrogen and oxygen atoms in total. The summed E-state index contributed by atoms with van der Waals surface area (Å²) in [5.41, 5.74) is 2.42. The molecule has 1 rings (SSSR count). The number of carboxylic acids is 1. The lowest BCUT2D eigenvalue weighted by Gasteiger charge is -2.18. The number of hydroxylamine groups is 1. The first-order valence-electron chi connectivity index (χ1n) is 4.61. The van der Waals surface area contributed by atoms with Gasteiger partial charge in [-0.15, -0.1) is 0 Å². The van der Waals surface area contributed by atoms with E-state index in [1.807, 2.05) is 20.8 Å². The number of nitrogens with one attached hydrogen (secondary N) is 1. The second-order valence-electron chi connectivity index (χ2n) is 4.11. The van der Waals surface area contributed by atoms with E-state index in [4.69, 9.17) is 14.4 Å². The Bertz CT molecular complexity index is 337. The number of hydrogen-bond donors (Lipinski definition) is 2. The van der Waals surface area contributed by atoms with Crippen LogP contribution < -0.4 is 5.48 Å². The van der Waals surface area contributed by atoms with Gasteiger partial charge in [0.25, 0.3) is 0 Å². The van der Waals surface area contributed by atoms with Crippen molar-refractivity contribution in [3.8, 4) is 0 Å². The van der Waals surface area contributed by atoms with Gasteiger partial charge in [0.15, 0.2) is 0 Å². The fourth-order valence-electron chi connectivity index (χ4n) is 0.912. The molecule has 0 aliphatic rings. The quantitative estimate of drug-likeness (QED) is 0.746. The van der Waals surface area contributed by atoms with Gasteiger partial charge in [-0.3, -0.25) is 4.84 Å². The topological polar surface area (TPSA) is 71.7 Å². The van der Waals surface area contributed by atoms with E-state index in [1.54, 1.807) is 6.07 Å². The zero-order chi connectivity index (χ0) is 11.5. The van der Waals surface area contributed by atoms with Gasteiger partial charge in [-0.1, -0.05) is 0 Å². The maximum atomic E-state index is 10.5. The summed E-state index contributed by atoms with van der Waals surface area (Å²) < 4.78 is 5.02. The molecule has 0 fully saturated rings. The van der Waals surface area contributed by atoms with Crippen LogP contribution in [0.2, 0.25) is 0 Å². The van der Waals surface area contributed by atoms with Gasteiger partial charge in [-0.05, 0) is 32.9 Å². The third kappa shape index (κ3) is 4.14. The highest BCUT2D eigenvalue weighted by Gasteiger charge is 2.12. The monoisotopic (exact) mass is 213 g/mol. The van der Waals surface area contributed by atoms with Crippen LogP contribution in [0.5, 0.6) is 0 Å². The van der Waals surface area contributed by atoms with Crippen molar-refractivity contribution in [3.63, 3.8) is 0 Å². The third-order valence-corrected chi connectivity index (χ3v) is 1.50. The Labute approximate surface area is 88.0 Å². The summed E-state index contributed by atoms with van der Waals surface area (Å²) in [6.45, 7) is 6.06. The van der Waals surface area contributed by atoms with Crippen molar-refractivity contribution in [1.29, 1.82) is 0 Å². The molecule has 0 saturated carbocycles. The average molecular weight is 213 g/mol. The second-order valence-corrected chi connectivity index (χ2v) is 4.11. The first-order valence-corrected chi connectivity index (χ1v) is 4.61. The smallest absolute Gasteiger partial charge is 0.371 e. The predicted molar refractivity (Wildman–Crippen MR) is 53.3 cm³/mol. The molecule has 1 aromatic heterocycles. The molecule has 0 bridgehead atoms. The van der Waals surface area contributed by atoms with Crippen LogP contribution in [0.3, 0.4) is 0 Å². The summed E-state index contributed by atoms with van der Waals surface area (Å²) in [5, 5.41) is 8.61. The maximum Gasteiger partial charge on any atom is 0.371 e. The first-order chi connectivity index (χ1) is 6.88. The summed E-state index contributed by atoms with van der Waals surface area (Å²) in [6, 6.07) is 3.01. The van der Waals surface area contributed by atoms with E-state index in [1.165, 1.54) is 6.07 Å². The summed E-state index contributed by atoms with van der Waals surface area (Å²) in [7, 11) is 0. The average Bonchev–Trinajstić information content (AvgIpc) is 2.50. The van der Waals surface area contributed by atoms with Crippen molar-refractivity contribution in [3.05, 3.63) is 23.7 Å². The molecule has 0 amide bonds. The Morgan fingerprint density at radius 2 is 2.20 bits per heavy atom. The predicted octanol–water partition coefficient (Wildman–Crippen LogP) is 1.80. The van der Waals surface area contributed by atoms with E-state index in [-0.39, 0.29) is 11.4 Å². The fourth-order valence-corrected chi connectivity index (χ4v) is 0.912. The second kappa shape index (κ2) is 4.46. The number of rotatable bonds is 4. The zero-order valence-electron chi connectivity index (χ0n) is 9.03. The van der Waals surface area contributed by atoms with E-state index < -0.39 is 5.97 Å². The summed E-state index contributed by atoms with van der Waals surface area (Å²) in [5.74, 6) is -0.614. The highest BCUT2D eigenvalue weighted by molar-refractivity contribution is 5.84. The molecule has 0 spiro atoms. The van der Waals surface area contributed by atoms with E-state index >= 15 is 0 Å². The number of aromatic carboxylic acids is 1. The van der Waals surface area contributed by atoms with Gasteiger partial charge in [-0.2, -0.15) is 5.48 Å². The van der Waals surface area contributed by atoms with Crippen LogP contribution in [0.25, 0.3) is 0 Å². The van der Waals surface area contributed by atoms with Crippen LogP contribution >= 0.6 is 0 Å². The van der Waals surface area contributed by atoms with Crippen molar-refractivity contribution in [2.24, 2.45) is 0 Å². The van der Waals surface area contributed by atoms with Gasteiger partial charge in [-0.25, -0.2) is 4.79 Å². The number of hydrogen-bond acceptors (Lipinski definition) is 4. The zero-order valence-corrected chi connectivity index (χ0v) is 9.03. The van der Waals surface area contributed by atoms with Crippen LogP contribution in [0, 0.1) is 0 Å². The number of furan rings is 1. The molecule has 15 heavy (non-hydrogen) atoms. The van der Waals surface area contributed by atoms with Gasteiger partial charge >= 0.3 is 5.97 Å². The lowest BCUT2D eigenvalue weighted by atomic mass is 10.2. The minimum atomic E-state index is -1.07. The molecule has 0 saturated heterocycles. The molecule has 5 heteroatoms. The molecule has 0 aromatic carbocycles. The van der Waals surface area contributed by atoms with Crippen molar-refractivity contribution < 1.29 is 19.2 Å². The standard InChI is InChI=1S/C10H15NO4/c1-10(2,3)15-11-6-7-4-5-8(14-7)9(12)13/h4-5,11H,6H2,1-3H3,(H,12,13). The molecule has 1 heterocycles. The molecule has 84 valence electrons. The van der Waals surface area contributed by atoms with Crippen LogP contribution in [0.15, 0.2) is 16.5 Å². The molecule has 1 aromatic rings. The summed E-state index contributed by atoms with van der Waals surface area (Å²) in [4.78, 5) is 15.7. The first kappa shape index (κ1) is 11.7. The van der Waals surface area contributed by atoms with Gasteiger partial charge < -0.3 is 9.52 Å². The Kier molecular flexibility index (Phi) is 3.49. The SMILES string of the molecule is CC(C)(C)ONCc1ccc(C(=O)O)o1. The van der Waals surface area contributed by atoms with E-state index in [9.17, 15) is 4.79 Å². The Balaban J connectivity index is 2.41. The lowest BCUT2D eigenvalue weighted by molar-refractivity contribution is -0.0776. The van der Waals surface area contributed by atoms with Gasteiger partial charge in [0.1, 0.15) is 5.76 Å². The Hall–Kier alpha value is -1.33. The molecule has 0 aliphatic heterocycles. The van der Waals surface area contributed by atoms with E-state index in [2.05, 4.69) is 5.48 Å². The lowest BCUT2D eigenvalue weighted by Crippen LogP contribution is -2.28. The highest BCUT2D eigenvalue weighted by Crippen LogP contribution is 2.09. The molecular formula is C10H15NO4. The fraction of sp³-hybridized carbons (Fsp3) is 0.500. The molecule has 0 aliphatic carbocycles. The van der Waals surface area contributed by atoms with Gasteiger partial charge in [0.2, 0.25) is 5.76 Å². The highest BCUT2D eigenvalue weighted by atomic mass is 16.7. The Morgan fingerprint density at radius 3 is 2.67 bits per heavy atom. The van der Waals surface area contributed by atoms with E-state index in [0.717, 1.165) is 0 Å². The van der Waals surface area contributed by atoms with Crippen molar-refractivity contribution in [2.75, 3.05) is 0 Å². The van der Waals surface area contributed by atoms with E-state index in [0.29, 0.717) is 12.3 Å².